The molecule has 0 bridgehead atoms. The minimum atomic E-state index is -0.791. The van der Waals surface area contributed by atoms with Crippen LogP contribution in [0.4, 0.5) is 10.5 Å². The summed E-state index contributed by atoms with van der Waals surface area (Å²) in [4.78, 5) is 61.9. The lowest BCUT2D eigenvalue weighted by Gasteiger charge is -2.29. The molecule has 4 amide bonds. The SMILES string of the molecule is CCC.CNCCCCCC(=O)N[C@@H](C)C(=O)Nc1ccc(COC(=O)N(C)[C@H](C(=O)NCC(C)=O)C(C)C)cc1.[HH].[HH].[HH].[HH]. The third kappa shape index (κ3) is 16.4. The van der Waals surface area contributed by atoms with Crippen molar-refractivity contribution >= 4 is 35.3 Å². The molecule has 0 saturated carbocycles. The highest BCUT2D eigenvalue weighted by Gasteiger charge is 2.30. The Labute approximate surface area is 251 Å². The van der Waals surface area contributed by atoms with Gasteiger partial charge in [-0.2, -0.15) is 0 Å². The smallest absolute Gasteiger partial charge is 0.410 e. The molecule has 0 heterocycles. The second kappa shape index (κ2) is 21.3. The van der Waals surface area contributed by atoms with Gasteiger partial charge in [0.2, 0.25) is 17.7 Å². The van der Waals surface area contributed by atoms with Crippen molar-refractivity contribution in [2.45, 2.75) is 92.3 Å². The monoisotopic (exact) mass is 585 g/mol. The van der Waals surface area contributed by atoms with E-state index >= 15 is 0 Å². The summed E-state index contributed by atoms with van der Waals surface area (Å²) < 4.78 is 5.36. The molecule has 1 rings (SSSR count). The second-order valence-electron chi connectivity index (χ2n) is 10.4. The third-order valence-electron chi connectivity index (χ3n) is 5.80. The Kier molecular flexibility index (Phi) is 19.5. The van der Waals surface area contributed by atoms with Crippen molar-refractivity contribution in [3.8, 4) is 0 Å². The summed E-state index contributed by atoms with van der Waals surface area (Å²) in [6.07, 6.45) is 3.68. The lowest BCUT2D eigenvalue weighted by molar-refractivity contribution is -0.129. The van der Waals surface area contributed by atoms with Crippen LogP contribution in [0.25, 0.3) is 0 Å². The molecule has 240 valence electrons. The molecule has 0 fully saturated rings. The maximum absolute atomic E-state index is 12.6. The number of nitrogens with zero attached hydrogens (tertiary/aromatic N) is 1. The zero-order valence-corrected chi connectivity index (χ0v) is 26.1. The van der Waals surface area contributed by atoms with Crippen molar-refractivity contribution in [3.63, 3.8) is 0 Å². The lowest BCUT2D eigenvalue weighted by Crippen LogP contribution is -2.51. The minimum absolute atomic E-state index is 0. The Morgan fingerprint density at radius 1 is 0.951 bits per heavy atom. The maximum atomic E-state index is 12.6. The number of unbranched alkanes of at least 4 members (excludes halogenated alkanes) is 2. The van der Waals surface area contributed by atoms with E-state index in [9.17, 15) is 24.0 Å². The van der Waals surface area contributed by atoms with Gasteiger partial charge in [0.15, 0.2) is 0 Å². The van der Waals surface area contributed by atoms with Crippen molar-refractivity contribution in [1.82, 2.24) is 20.9 Å². The fourth-order valence-corrected chi connectivity index (χ4v) is 3.68. The minimum Gasteiger partial charge on any atom is -0.445 e. The summed E-state index contributed by atoms with van der Waals surface area (Å²) in [7, 11) is 3.37. The molecule has 0 aliphatic heterocycles. The van der Waals surface area contributed by atoms with E-state index in [1.165, 1.54) is 25.3 Å². The molecule has 0 aromatic heterocycles. The first-order valence-electron chi connectivity index (χ1n) is 14.4. The highest BCUT2D eigenvalue weighted by atomic mass is 16.6. The van der Waals surface area contributed by atoms with Crippen molar-refractivity contribution in [3.05, 3.63) is 29.8 Å². The van der Waals surface area contributed by atoms with E-state index in [-0.39, 0.29) is 42.4 Å². The van der Waals surface area contributed by atoms with Crippen LogP contribution >= 0.6 is 0 Å². The summed E-state index contributed by atoms with van der Waals surface area (Å²) in [5.74, 6) is -1.30. The number of amides is 4. The van der Waals surface area contributed by atoms with E-state index in [4.69, 9.17) is 4.74 Å². The first kappa shape index (κ1) is 37.5. The Bertz CT molecular complexity index is 971. The van der Waals surface area contributed by atoms with Crippen molar-refractivity contribution in [2.75, 3.05) is 32.5 Å². The zero-order valence-electron chi connectivity index (χ0n) is 26.1. The number of benzene rings is 1. The van der Waals surface area contributed by atoms with Crippen LogP contribution < -0.4 is 21.3 Å². The van der Waals surface area contributed by atoms with Crippen molar-refractivity contribution in [2.24, 2.45) is 5.92 Å². The number of carbonyl (C=O) groups excluding carboxylic acids is 5. The van der Waals surface area contributed by atoms with Crippen LogP contribution in [-0.2, 0) is 30.5 Å². The molecule has 0 aliphatic rings. The molecule has 41 heavy (non-hydrogen) atoms. The van der Waals surface area contributed by atoms with E-state index < -0.39 is 24.1 Å². The Balaban J connectivity index is -0.000000730. The van der Waals surface area contributed by atoms with Crippen LogP contribution in [0.15, 0.2) is 24.3 Å². The van der Waals surface area contributed by atoms with Crippen LogP contribution in [-0.4, -0.2) is 73.8 Å². The van der Waals surface area contributed by atoms with Crippen LogP contribution in [0.5, 0.6) is 0 Å². The summed E-state index contributed by atoms with van der Waals surface area (Å²) in [6, 6.07) is 5.28. The lowest BCUT2D eigenvalue weighted by atomic mass is 10.0. The number of rotatable bonds is 16. The number of ketones is 1. The van der Waals surface area contributed by atoms with Gasteiger partial charge in [-0.3, -0.25) is 24.1 Å². The summed E-state index contributed by atoms with van der Waals surface area (Å²) >= 11 is 0. The van der Waals surface area contributed by atoms with Crippen LogP contribution in [0.1, 0.15) is 84.9 Å². The quantitative estimate of drug-likeness (QED) is 0.207. The number of ether oxygens (including phenoxy) is 1. The number of Topliss-reactive ketones (excluding diaryl/α,β-unsaturated/α-hetero) is 1. The summed E-state index contributed by atoms with van der Waals surface area (Å²) in [5, 5.41) is 11.1. The predicted molar refractivity (Wildman–Crippen MR) is 170 cm³/mol. The highest BCUT2D eigenvalue weighted by Crippen LogP contribution is 2.14. The van der Waals surface area contributed by atoms with Gasteiger partial charge in [0, 0.05) is 24.9 Å². The highest BCUT2D eigenvalue weighted by molar-refractivity contribution is 5.96. The number of hydrogen-bond donors (Lipinski definition) is 4. The zero-order chi connectivity index (χ0) is 31.4. The molecule has 0 saturated heterocycles. The molecule has 11 nitrogen and oxygen atoms in total. The van der Waals surface area contributed by atoms with Gasteiger partial charge < -0.3 is 26.0 Å². The van der Waals surface area contributed by atoms with Gasteiger partial charge >= 0.3 is 6.09 Å². The van der Waals surface area contributed by atoms with Gasteiger partial charge in [-0.05, 0) is 63.9 Å². The Morgan fingerprint density at radius 2 is 1.56 bits per heavy atom. The standard InChI is InChI=1S/C27H43N5O6.C3H8.4H2/c1-18(2)24(26(36)29-16-19(3)33)32(6)27(37)38-17-21-11-13-22(14-12-21)31-25(35)20(4)30-23(34)10-8-7-9-15-28-5;1-3-2;;;;/h11-14,18,20,24,28H,7-10,15-17H2,1-6H3,(H,29,36)(H,30,34)(H,31,35);3H2,1-2H3;4*1H/t20-,24-;;;;;/m0...../s1. The van der Waals surface area contributed by atoms with E-state index in [1.807, 2.05) is 7.05 Å². The average molecular weight is 586 g/mol. The van der Waals surface area contributed by atoms with Crippen LogP contribution in [0.2, 0.25) is 0 Å². The van der Waals surface area contributed by atoms with Gasteiger partial charge in [-0.15, -0.1) is 0 Å². The first-order valence-corrected chi connectivity index (χ1v) is 14.4. The summed E-state index contributed by atoms with van der Waals surface area (Å²) in [6.45, 7) is 11.6. The maximum Gasteiger partial charge on any atom is 0.410 e. The van der Waals surface area contributed by atoms with Gasteiger partial charge in [0.25, 0.3) is 0 Å². The number of anilines is 1. The van der Waals surface area contributed by atoms with E-state index in [0.29, 0.717) is 17.7 Å². The van der Waals surface area contributed by atoms with Crippen molar-refractivity contribution in [1.29, 1.82) is 0 Å². The molecule has 0 radical (unpaired) electrons. The van der Waals surface area contributed by atoms with Crippen LogP contribution in [0, 0.1) is 5.92 Å². The molecule has 1 aromatic carbocycles. The fourth-order valence-electron chi connectivity index (χ4n) is 3.68. The number of likely N-dealkylation sites (N-methyl/N-ethyl adjacent to an activating group) is 1. The largest absolute Gasteiger partial charge is 0.445 e. The Morgan fingerprint density at radius 3 is 2.10 bits per heavy atom. The number of nitrogens with one attached hydrogen (secondary N) is 4. The molecule has 4 N–H and O–H groups in total. The molecule has 0 unspecified atom stereocenters. The van der Waals surface area contributed by atoms with E-state index in [2.05, 4.69) is 35.1 Å². The average Bonchev–Trinajstić information content (AvgIpc) is 2.91. The normalized spacial score (nSPS) is 11.8. The molecule has 11 heteroatoms. The van der Waals surface area contributed by atoms with Gasteiger partial charge in [-0.1, -0.05) is 52.7 Å². The second-order valence-corrected chi connectivity index (χ2v) is 10.4. The fraction of sp³-hybridized carbons (Fsp3) is 0.633. The molecule has 0 aliphatic carbocycles. The third-order valence-corrected chi connectivity index (χ3v) is 5.80. The van der Waals surface area contributed by atoms with Crippen LogP contribution in [0.3, 0.4) is 0 Å². The number of carbonyl (C=O) groups is 5. The molecule has 1 aromatic rings. The molecule has 0 spiro atoms. The number of hydrogen-bond acceptors (Lipinski definition) is 7. The topological polar surface area (TPSA) is 146 Å². The predicted octanol–water partition coefficient (Wildman–Crippen LogP) is 4.61. The molecular formula is C30H59N5O6. The van der Waals surface area contributed by atoms with Gasteiger partial charge in [0.1, 0.15) is 24.5 Å². The van der Waals surface area contributed by atoms with E-state index in [0.717, 1.165) is 25.8 Å². The first-order chi connectivity index (χ1) is 19.4. The van der Waals surface area contributed by atoms with Gasteiger partial charge in [-0.25, -0.2) is 4.79 Å². The van der Waals surface area contributed by atoms with E-state index in [1.54, 1.807) is 45.0 Å². The van der Waals surface area contributed by atoms with Crippen molar-refractivity contribution < 1.29 is 34.4 Å². The Hall–Kier alpha value is -3.47. The molecular weight excluding hydrogens is 526 g/mol. The molecule has 2 atom stereocenters. The summed E-state index contributed by atoms with van der Waals surface area (Å²) in [5.41, 5.74) is 1.23. The van der Waals surface area contributed by atoms with Gasteiger partial charge in [0.05, 0.1) is 6.54 Å².